The van der Waals surface area contributed by atoms with Gasteiger partial charge in [0.25, 0.3) is 0 Å². The molecule has 0 aliphatic heterocycles. The normalized spacial score (nSPS) is 13.3. The van der Waals surface area contributed by atoms with Crippen LogP contribution in [0.3, 0.4) is 0 Å². The predicted molar refractivity (Wildman–Crippen MR) is 128 cm³/mol. The van der Waals surface area contributed by atoms with Gasteiger partial charge in [-0.15, -0.1) is 11.3 Å². The standard InChI is InChI=1S/C24H27N3O2S2/c1-16(2)17-9-11-18(12-10-17)25-22(28)15-31-23-20-7-3-4-8-21(20)27(24(29)26-23)14-19-6-5-13-30-19/h5-6,9-13,16H,3-4,7-8,14-15H2,1-2H3,(H,25,28). The summed E-state index contributed by atoms with van der Waals surface area (Å²) >= 11 is 3.02. The Bertz CT molecular complexity index is 1100. The molecule has 0 saturated carbocycles. The lowest BCUT2D eigenvalue weighted by atomic mass is 9.97. The fourth-order valence-electron chi connectivity index (χ4n) is 3.87. The highest BCUT2D eigenvalue weighted by Crippen LogP contribution is 2.29. The van der Waals surface area contributed by atoms with Crippen LogP contribution in [0, 0.1) is 0 Å². The molecule has 0 radical (unpaired) electrons. The molecule has 0 spiro atoms. The third-order valence-electron chi connectivity index (χ3n) is 5.55. The van der Waals surface area contributed by atoms with E-state index in [-0.39, 0.29) is 17.3 Å². The van der Waals surface area contributed by atoms with Crippen molar-refractivity contribution < 1.29 is 4.79 Å². The third kappa shape index (κ3) is 5.28. The number of thioether (sulfide) groups is 1. The van der Waals surface area contributed by atoms with E-state index in [2.05, 4.69) is 24.1 Å². The number of hydrogen-bond acceptors (Lipinski definition) is 5. The number of aromatic nitrogens is 2. The number of carbonyl (C=O) groups is 1. The average molecular weight is 454 g/mol. The van der Waals surface area contributed by atoms with Crippen LogP contribution in [0.25, 0.3) is 0 Å². The van der Waals surface area contributed by atoms with Crippen LogP contribution < -0.4 is 11.0 Å². The van der Waals surface area contributed by atoms with Crippen LogP contribution in [0.4, 0.5) is 5.69 Å². The van der Waals surface area contributed by atoms with Crippen molar-refractivity contribution in [2.45, 2.75) is 57.0 Å². The molecule has 7 heteroatoms. The van der Waals surface area contributed by atoms with Crippen LogP contribution in [0.1, 0.15) is 54.3 Å². The molecule has 1 aromatic carbocycles. The van der Waals surface area contributed by atoms with E-state index in [4.69, 9.17) is 0 Å². The van der Waals surface area contributed by atoms with Crippen LogP contribution in [-0.4, -0.2) is 21.2 Å². The number of nitrogens with one attached hydrogen (secondary N) is 1. The zero-order valence-corrected chi connectivity index (χ0v) is 19.5. The number of thiophene rings is 1. The summed E-state index contributed by atoms with van der Waals surface area (Å²) in [6.45, 7) is 4.86. The molecule has 2 aromatic heterocycles. The highest BCUT2D eigenvalue weighted by atomic mass is 32.2. The second kappa shape index (κ2) is 9.83. The molecule has 0 saturated heterocycles. The molecule has 1 aliphatic carbocycles. The van der Waals surface area contributed by atoms with Gasteiger partial charge in [0.15, 0.2) is 0 Å². The summed E-state index contributed by atoms with van der Waals surface area (Å²) in [5, 5.41) is 5.69. The van der Waals surface area contributed by atoms with Crippen LogP contribution in [0.15, 0.2) is 51.6 Å². The fourth-order valence-corrected chi connectivity index (χ4v) is 5.44. The Morgan fingerprint density at radius 2 is 1.97 bits per heavy atom. The molecule has 0 atom stereocenters. The van der Waals surface area contributed by atoms with E-state index in [1.54, 1.807) is 11.3 Å². The van der Waals surface area contributed by atoms with Crippen molar-refractivity contribution in [2.24, 2.45) is 0 Å². The van der Waals surface area contributed by atoms with Crippen LogP contribution >= 0.6 is 23.1 Å². The quantitative estimate of drug-likeness (QED) is 0.400. The van der Waals surface area contributed by atoms with E-state index < -0.39 is 0 Å². The maximum atomic E-state index is 12.8. The Hall–Kier alpha value is -2.38. The molecule has 1 amide bonds. The molecular weight excluding hydrogens is 426 g/mol. The average Bonchev–Trinajstić information content (AvgIpc) is 3.28. The lowest BCUT2D eigenvalue weighted by Crippen LogP contribution is -2.30. The van der Waals surface area contributed by atoms with Crippen LogP contribution in [0.2, 0.25) is 0 Å². The Kier molecular flexibility index (Phi) is 6.92. The summed E-state index contributed by atoms with van der Waals surface area (Å²) in [4.78, 5) is 30.8. The summed E-state index contributed by atoms with van der Waals surface area (Å²) in [6, 6.07) is 12.0. The minimum atomic E-state index is -0.221. The molecule has 3 aromatic rings. The topological polar surface area (TPSA) is 64.0 Å². The highest BCUT2D eigenvalue weighted by molar-refractivity contribution is 8.00. The van der Waals surface area contributed by atoms with Crippen molar-refractivity contribution in [3.8, 4) is 0 Å². The second-order valence-electron chi connectivity index (χ2n) is 8.11. The molecule has 0 unspecified atom stereocenters. The van der Waals surface area contributed by atoms with Crippen molar-refractivity contribution in [3.05, 3.63) is 74.0 Å². The molecule has 162 valence electrons. The molecule has 1 N–H and O–H groups in total. The summed E-state index contributed by atoms with van der Waals surface area (Å²) in [6.07, 6.45) is 3.97. The summed E-state index contributed by atoms with van der Waals surface area (Å²) in [7, 11) is 0. The van der Waals surface area contributed by atoms with Gasteiger partial charge in [0, 0.05) is 21.8 Å². The number of fused-ring (bicyclic) bond motifs is 1. The van der Waals surface area contributed by atoms with Gasteiger partial charge in [0.05, 0.1) is 12.3 Å². The Morgan fingerprint density at radius 1 is 1.19 bits per heavy atom. The Morgan fingerprint density at radius 3 is 2.68 bits per heavy atom. The molecule has 4 rings (SSSR count). The van der Waals surface area contributed by atoms with E-state index in [0.717, 1.165) is 47.5 Å². The molecule has 5 nitrogen and oxygen atoms in total. The number of rotatable bonds is 7. The minimum Gasteiger partial charge on any atom is -0.325 e. The van der Waals surface area contributed by atoms with Gasteiger partial charge in [-0.3, -0.25) is 9.36 Å². The first-order valence-electron chi connectivity index (χ1n) is 10.7. The van der Waals surface area contributed by atoms with E-state index >= 15 is 0 Å². The van der Waals surface area contributed by atoms with E-state index in [1.807, 2.05) is 46.3 Å². The smallest absolute Gasteiger partial charge is 0.325 e. The van der Waals surface area contributed by atoms with Crippen LogP contribution in [-0.2, 0) is 24.2 Å². The van der Waals surface area contributed by atoms with Gasteiger partial charge < -0.3 is 5.32 Å². The first-order valence-corrected chi connectivity index (χ1v) is 12.6. The zero-order chi connectivity index (χ0) is 21.8. The molecule has 2 heterocycles. The molecule has 0 fully saturated rings. The SMILES string of the molecule is CC(C)c1ccc(NC(=O)CSc2nc(=O)n(Cc3cccs3)c3c2CCCC3)cc1. The highest BCUT2D eigenvalue weighted by Gasteiger charge is 2.21. The molecule has 0 bridgehead atoms. The first-order chi connectivity index (χ1) is 15.0. The maximum Gasteiger partial charge on any atom is 0.349 e. The predicted octanol–water partition coefficient (Wildman–Crippen LogP) is 5.09. The van der Waals surface area contributed by atoms with Crippen molar-refractivity contribution in [1.82, 2.24) is 9.55 Å². The lowest BCUT2D eigenvalue weighted by Gasteiger charge is -2.22. The van der Waals surface area contributed by atoms with Gasteiger partial charge in [-0.2, -0.15) is 4.98 Å². The number of nitrogens with zero attached hydrogens (tertiary/aromatic N) is 2. The lowest BCUT2D eigenvalue weighted by molar-refractivity contribution is -0.113. The Balaban J connectivity index is 1.47. The summed E-state index contributed by atoms with van der Waals surface area (Å²) in [5.74, 6) is 0.607. The molecular formula is C24H27N3O2S2. The van der Waals surface area contributed by atoms with Gasteiger partial charge in [-0.25, -0.2) is 4.79 Å². The number of amides is 1. The zero-order valence-electron chi connectivity index (χ0n) is 17.9. The van der Waals surface area contributed by atoms with Gasteiger partial charge >= 0.3 is 5.69 Å². The molecule has 31 heavy (non-hydrogen) atoms. The largest absolute Gasteiger partial charge is 0.349 e. The van der Waals surface area contributed by atoms with E-state index in [9.17, 15) is 9.59 Å². The summed E-state index contributed by atoms with van der Waals surface area (Å²) < 4.78 is 1.82. The summed E-state index contributed by atoms with van der Waals surface area (Å²) in [5.41, 5.74) is 4.04. The first kappa shape index (κ1) is 21.8. The van der Waals surface area contributed by atoms with Gasteiger partial charge in [-0.05, 0) is 60.7 Å². The third-order valence-corrected chi connectivity index (χ3v) is 7.42. The second-order valence-corrected chi connectivity index (χ2v) is 10.1. The Labute approximate surface area is 190 Å². The maximum absolute atomic E-state index is 12.8. The number of carbonyl (C=O) groups excluding carboxylic acids is 1. The number of hydrogen-bond donors (Lipinski definition) is 1. The van der Waals surface area contributed by atoms with E-state index in [0.29, 0.717) is 17.5 Å². The van der Waals surface area contributed by atoms with Gasteiger partial charge in [0.2, 0.25) is 5.91 Å². The van der Waals surface area contributed by atoms with Crippen LogP contribution in [0.5, 0.6) is 0 Å². The van der Waals surface area contributed by atoms with Gasteiger partial charge in [0.1, 0.15) is 5.03 Å². The van der Waals surface area contributed by atoms with Crippen molar-refractivity contribution >= 4 is 34.7 Å². The van der Waals surface area contributed by atoms with E-state index in [1.165, 1.54) is 17.3 Å². The van der Waals surface area contributed by atoms with Crippen molar-refractivity contribution in [1.29, 1.82) is 0 Å². The number of anilines is 1. The molecule has 1 aliphatic rings. The van der Waals surface area contributed by atoms with Crippen molar-refractivity contribution in [3.63, 3.8) is 0 Å². The minimum absolute atomic E-state index is 0.0866. The van der Waals surface area contributed by atoms with Crippen molar-refractivity contribution in [2.75, 3.05) is 11.1 Å². The monoisotopic (exact) mass is 453 g/mol. The fraction of sp³-hybridized carbons (Fsp3) is 0.375. The number of benzene rings is 1. The van der Waals surface area contributed by atoms with Gasteiger partial charge in [-0.1, -0.05) is 43.8 Å².